The van der Waals surface area contributed by atoms with Crippen LogP contribution in [0.3, 0.4) is 0 Å². The van der Waals surface area contributed by atoms with Crippen LogP contribution in [-0.4, -0.2) is 37.9 Å². The first kappa shape index (κ1) is 14.8. The normalized spacial score (nSPS) is 10.2. The van der Waals surface area contributed by atoms with Crippen molar-refractivity contribution >= 4 is 23.3 Å². The first-order valence-electron chi connectivity index (χ1n) is 5.84. The maximum absolute atomic E-state index is 11.4. The van der Waals surface area contributed by atoms with E-state index in [0.29, 0.717) is 18.1 Å². The van der Waals surface area contributed by atoms with Gasteiger partial charge in [0.15, 0.2) is 0 Å². The second-order valence-corrected chi connectivity index (χ2v) is 4.33. The molecule has 0 radical (unpaired) electrons. The molecule has 0 saturated heterocycles. The molecule has 0 aliphatic carbocycles. The van der Waals surface area contributed by atoms with Gasteiger partial charge >= 0.3 is 5.97 Å². The fraction of sp³-hybridized carbons (Fsp3) is 0.462. The molecule has 1 aromatic rings. The number of likely N-dealkylation sites (N-methyl/N-ethyl adjacent to an activating group) is 1. The molecule has 0 aliphatic heterocycles. The van der Waals surface area contributed by atoms with E-state index in [2.05, 4.69) is 0 Å². The minimum absolute atomic E-state index is 0.0916. The summed E-state index contributed by atoms with van der Waals surface area (Å²) in [5, 5.41) is 9.42. The minimum atomic E-state index is -0.282. The molecule has 1 N–H and O–H groups in total. The van der Waals surface area contributed by atoms with Crippen molar-refractivity contribution in [2.24, 2.45) is 0 Å². The number of ether oxygens (including phenoxy) is 1. The number of anilines is 1. The van der Waals surface area contributed by atoms with Crippen molar-refractivity contribution in [3.8, 4) is 0 Å². The van der Waals surface area contributed by atoms with E-state index in [1.807, 2.05) is 12.1 Å². The second-order valence-electron chi connectivity index (χ2n) is 3.92. The number of rotatable bonds is 6. The van der Waals surface area contributed by atoms with E-state index in [1.165, 1.54) is 0 Å². The monoisotopic (exact) mass is 271 g/mol. The zero-order valence-electron chi connectivity index (χ0n) is 10.6. The number of esters is 1. The fourth-order valence-electron chi connectivity index (χ4n) is 1.63. The summed E-state index contributed by atoms with van der Waals surface area (Å²) in [6.07, 6.45) is 0.571. The van der Waals surface area contributed by atoms with Gasteiger partial charge in [0.2, 0.25) is 0 Å². The molecule has 0 amide bonds. The van der Waals surface area contributed by atoms with Gasteiger partial charge in [-0.3, -0.25) is 4.79 Å². The second kappa shape index (κ2) is 7.24. The van der Waals surface area contributed by atoms with Crippen LogP contribution < -0.4 is 4.90 Å². The highest BCUT2D eigenvalue weighted by Crippen LogP contribution is 2.26. The molecule has 0 bridgehead atoms. The van der Waals surface area contributed by atoms with Crippen molar-refractivity contribution in [3.05, 3.63) is 28.8 Å². The first-order chi connectivity index (χ1) is 8.58. The number of aliphatic hydroxyl groups is 1. The number of nitrogens with zero attached hydrogens (tertiary/aromatic N) is 1. The third-order valence-electron chi connectivity index (χ3n) is 2.50. The third kappa shape index (κ3) is 4.20. The molecular weight excluding hydrogens is 254 g/mol. The summed E-state index contributed by atoms with van der Waals surface area (Å²) in [5.74, 6) is -0.282. The zero-order chi connectivity index (χ0) is 13.5. The Morgan fingerprint density at radius 3 is 2.78 bits per heavy atom. The van der Waals surface area contributed by atoms with Gasteiger partial charge in [0.1, 0.15) is 6.54 Å². The van der Waals surface area contributed by atoms with Crippen LogP contribution in [0.25, 0.3) is 0 Å². The quantitative estimate of drug-likeness (QED) is 0.803. The molecule has 0 saturated carbocycles. The van der Waals surface area contributed by atoms with Crippen LogP contribution in [0.5, 0.6) is 0 Å². The molecule has 18 heavy (non-hydrogen) atoms. The Morgan fingerprint density at radius 1 is 1.50 bits per heavy atom. The van der Waals surface area contributed by atoms with Crippen LogP contribution in [-0.2, 0) is 16.0 Å². The number of carbonyl (C=O) groups excluding carboxylic acids is 1. The molecule has 1 rings (SSSR count). The Kier molecular flexibility index (Phi) is 5.95. The van der Waals surface area contributed by atoms with Crippen LogP contribution >= 0.6 is 11.6 Å². The van der Waals surface area contributed by atoms with E-state index in [4.69, 9.17) is 21.4 Å². The van der Waals surface area contributed by atoms with E-state index < -0.39 is 0 Å². The number of benzene rings is 1. The summed E-state index contributed by atoms with van der Waals surface area (Å²) in [6, 6.07) is 5.53. The lowest BCUT2D eigenvalue weighted by Crippen LogP contribution is -2.27. The Labute approximate surface area is 112 Å². The molecule has 4 nitrogen and oxygen atoms in total. The summed E-state index contributed by atoms with van der Waals surface area (Å²) >= 11 is 6.15. The number of aliphatic hydroxyl groups excluding tert-OH is 1. The van der Waals surface area contributed by atoms with Gasteiger partial charge in [0.25, 0.3) is 0 Å². The number of hydrogen-bond acceptors (Lipinski definition) is 4. The van der Waals surface area contributed by atoms with Crippen LogP contribution in [0.2, 0.25) is 5.02 Å². The molecule has 0 spiro atoms. The van der Waals surface area contributed by atoms with Gasteiger partial charge in [-0.1, -0.05) is 17.7 Å². The summed E-state index contributed by atoms with van der Waals surface area (Å²) in [4.78, 5) is 13.1. The highest BCUT2D eigenvalue weighted by molar-refractivity contribution is 6.33. The lowest BCUT2D eigenvalue weighted by molar-refractivity contribution is -0.141. The standard InChI is InChI=1S/C13H18ClNO3/c1-3-18-13(17)9-15(2)12-5-4-10(6-7-16)8-11(12)14/h4-5,8,16H,3,6-7,9H2,1-2H3. The maximum atomic E-state index is 11.4. The molecule has 5 heteroatoms. The van der Waals surface area contributed by atoms with Gasteiger partial charge in [0, 0.05) is 13.7 Å². The van der Waals surface area contributed by atoms with Crippen molar-refractivity contribution in [1.82, 2.24) is 0 Å². The molecule has 0 atom stereocenters. The summed E-state index contributed by atoms with van der Waals surface area (Å²) in [5.41, 5.74) is 1.74. The molecule has 0 unspecified atom stereocenters. The predicted octanol–water partition coefficient (Wildman–Crippen LogP) is 1.87. The van der Waals surface area contributed by atoms with E-state index in [0.717, 1.165) is 11.3 Å². The van der Waals surface area contributed by atoms with Gasteiger partial charge in [-0.25, -0.2) is 0 Å². The van der Waals surface area contributed by atoms with Crippen molar-refractivity contribution in [3.63, 3.8) is 0 Å². The number of halogens is 1. The van der Waals surface area contributed by atoms with Crippen LogP contribution in [0.4, 0.5) is 5.69 Å². The predicted molar refractivity (Wildman–Crippen MR) is 72.1 cm³/mol. The average molecular weight is 272 g/mol. The molecule has 0 heterocycles. The number of carbonyl (C=O) groups is 1. The fourth-order valence-corrected chi connectivity index (χ4v) is 1.98. The van der Waals surface area contributed by atoms with Crippen LogP contribution in [0.15, 0.2) is 18.2 Å². The smallest absolute Gasteiger partial charge is 0.325 e. The van der Waals surface area contributed by atoms with Gasteiger partial charge in [-0.15, -0.1) is 0 Å². The van der Waals surface area contributed by atoms with Crippen molar-refractivity contribution in [2.75, 3.05) is 31.7 Å². The Morgan fingerprint density at radius 2 is 2.22 bits per heavy atom. The lowest BCUT2D eigenvalue weighted by Gasteiger charge is -2.19. The molecule has 0 aromatic heterocycles. The van der Waals surface area contributed by atoms with Crippen LogP contribution in [0, 0.1) is 0 Å². The van der Waals surface area contributed by atoms with Gasteiger partial charge < -0.3 is 14.7 Å². The lowest BCUT2D eigenvalue weighted by atomic mass is 10.1. The molecular formula is C13H18ClNO3. The van der Waals surface area contributed by atoms with Gasteiger partial charge in [-0.2, -0.15) is 0 Å². The molecule has 100 valence electrons. The maximum Gasteiger partial charge on any atom is 0.325 e. The van der Waals surface area contributed by atoms with E-state index in [1.54, 1.807) is 24.9 Å². The number of hydrogen-bond donors (Lipinski definition) is 1. The molecule has 0 fully saturated rings. The Bertz CT molecular complexity index is 409. The van der Waals surface area contributed by atoms with E-state index in [-0.39, 0.29) is 19.1 Å². The summed E-state index contributed by atoms with van der Waals surface area (Å²) in [6.45, 7) is 2.39. The largest absolute Gasteiger partial charge is 0.465 e. The Hall–Kier alpha value is -1.26. The van der Waals surface area contributed by atoms with Crippen molar-refractivity contribution in [2.45, 2.75) is 13.3 Å². The van der Waals surface area contributed by atoms with Gasteiger partial charge in [0.05, 0.1) is 17.3 Å². The highest BCUT2D eigenvalue weighted by Gasteiger charge is 2.11. The van der Waals surface area contributed by atoms with E-state index >= 15 is 0 Å². The summed E-state index contributed by atoms with van der Waals surface area (Å²) < 4.78 is 4.88. The highest BCUT2D eigenvalue weighted by atomic mass is 35.5. The molecule has 0 aliphatic rings. The Balaban J connectivity index is 2.73. The third-order valence-corrected chi connectivity index (χ3v) is 2.80. The zero-order valence-corrected chi connectivity index (χ0v) is 11.4. The topological polar surface area (TPSA) is 49.8 Å². The SMILES string of the molecule is CCOC(=O)CN(C)c1ccc(CCO)cc1Cl. The van der Waals surface area contributed by atoms with Crippen LogP contribution in [0.1, 0.15) is 12.5 Å². The van der Waals surface area contributed by atoms with Crippen molar-refractivity contribution < 1.29 is 14.6 Å². The van der Waals surface area contributed by atoms with E-state index in [9.17, 15) is 4.79 Å². The average Bonchev–Trinajstić information content (AvgIpc) is 2.29. The summed E-state index contributed by atoms with van der Waals surface area (Å²) in [7, 11) is 1.78. The van der Waals surface area contributed by atoms with Crippen molar-refractivity contribution in [1.29, 1.82) is 0 Å². The molecule has 1 aromatic carbocycles. The first-order valence-corrected chi connectivity index (χ1v) is 6.22. The van der Waals surface area contributed by atoms with Gasteiger partial charge in [-0.05, 0) is 31.0 Å². The minimum Gasteiger partial charge on any atom is -0.465 e.